The number of nitrogens with zero attached hydrogens (tertiary/aromatic N) is 2. The Labute approximate surface area is 122 Å². The number of hydrogen-bond acceptors (Lipinski definition) is 6. The predicted octanol–water partition coefficient (Wildman–Crippen LogP) is 2.94. The molecule has 20 heavy (non-hydrogen) atoms. The Hall–Kier alpha value is -2.19. The standard InChI is InChI=1S/C11H8ClN3O4S/c12-7-4-6(15(18)19)5-13-10(7)14-9(11(16)17)8-2-1-3-20-8/h1-5,9H,(H,13,14)(H,16,17). The second-order valence-corrected chi connectivity index (χ2v) is 5.10. The van der Waals surface area contributed by atoms with Crippen LogP contribution < -0.4 is 5.32 Å². The van der Waals surface area contributed by atoms with Crippen molar-refractivity contribution in [2.45, 2.75) is 6.04 Å². The SMILES string of the molecule is O=C(O)C(Nc1ncc([N+](=O)[O-])cc1Cl)c1cccs1. The number of rotatable bonds is 5. The van der Waals surface area contributed by atoms with Crippen LogP contribution >= 0.6 is 22.9 Å². The van der Waals surface area contributed by atoms with E-state index in [-0.39, 0.29) is 16.5 Å². The van der Waals surface area contributed by atoms with Crippen LogP contribution in [0.1, 0.15) is 10.9 Å². The Balaban J connectivity index is 2.28. The average molecular weight is 314 g/mol. The summed E-state index contributed by atoms with van der Waals surface area (Å²) in [6.07, 6.45) is 1.02. The highest BCUT2D eigenvalue weighted by Gasteiger charge is 2.23. The highest BCUT2D eigenvalue weighted by molar-refractivity contribution is 7.10. The number of nitrogens with one attached hydrogen (secondary N) is 1. The van der Waals surface area contributed by atoms with Gasteiger partial charge in [-0.2, -0.15) is 0 Å². The number of halogens is 1. The van der Waals surface area contributed by atoms with E-state index in [1.54, 1.807) is 17.5 Å². The third kappa shape index (κ3) is 3.03. The summed E-state index contributed by atoms with van der Waals surface area (Å²) in [5.74, 6) is -1.01. The van der Waals surface area contributed by atoms with Crippen molar-refractivity contribution in [2.24, 2.45) is 0 Å². The number of carboxylic acid groups (broad SMARTS) is 1. The topological polar surface area (TPSA) is 105 Å². The molecule has 0 aliphatic rings. The fourth-order valence-corrected chi connectivity index (χ4v) is 2.46. The normalized spacial score (nSPS) is 11.8. The Kier molecular flexibility index (Phi) is 4.16. The summed E-state index contributed by atoms with van der Waals surface area (Å²) in [6, 6.07) is 3.49. The molecular formula is C11H8ClN3O4S. The van der Waals surface area contributed by atoms with Gasteiger partial charge in [-0.1, -0.05) is 17.7 Å². The highest BCUT2D eigenvalue weighted by atomic mass is 35.5. The molecule has 2 aromatic rings. The van der Waals surface area contributed by atoms with E-state index >= 15 is 0 Å². The summed E-state index contributed by atoms with van der Waals surface area (Å²) >= 11 is 7.13. The number of carbonyl (C=O) groups is 1. The molecule has 2 rings (SSSR count). The summed E-state index contributed by atoms with van der Waals surface area (Å²) in [5, 5.41) is 24.2. The number of hydrogen-bond donors (Lipinski definition) is 2. The second-order valence-electron chi connectivity index (χ2n) is 3.71. The molecule has 0 saturated carbocycles. The average Bonchev–Trinajstić information content (AvgIpc) is 2.90. The Morgan fingerprint density at radius 3 is 2.85 bits per heavy atom. The van der Waals surface area contributed by atoms with Gasteiger partial charge < -0.3 is 10.4 Å². The minimum Gasteiger partial charge on any atom is -0.479 e. The minimum absolute atomic E-state index is 0.0120. The first-order valence-corrected chi connectivity index (χ1v) is 6.57. The smallest absolute Gasteiger partial charge is 0.331 e. The first-order chi connectivity index (χ1) is 9.49. The summed E-state index contributed by atoms with van der Waals surface area (Å²) in [4.78, 5) is 25.6. The van der Waals surface area contributed by atoms with E-state index < -0.39 is 16.9 Å². The van der Waals surface area contributed by atoms with E-state index in [4.69, 9.17) is 11.6 Å². The molecule has 0 bridgehead atoms. The monoisotopic (exact) mass is 313 g/mol. The van der Waals surface area contributed by atoms with Crippen molar-refractivity contribution in [1.29, 1.82) is 0 Å². The maximum Gasteiger partial charge on any atom is 0.331 e. The van der Waals surface area contributed by atoms with E-state index in [1.807, 2.05) is 0 Å². The third-order valence-electron chi connectivity index (χ3n) is 2.39. The van der Waals surface area contributed by atoms with Crippen LogP contribution in [0.15, 0.2) is 29.8 Å². The van der Waals surface area contributed by atoms with Gasteiger partial charge in [-0.3, -0.25) is 10.1 Å². The maximum atomic E-state index is 11.3. The molecule has 0 aromatic carbocycles. The molecule has 0 radical (unpaired) electrons. The molecule has 0 aliphatic heterocycles. The van der Waals surface area contributed by atoms with E-state index in [9.17, 15) is 20.0 Å². The van der Waals surface area contributed by atoms with E-state index in [1.165, 1.54) is 11.3 Å². The molecule has 2 aromatic heterocycles. The van der Waals surface area contributed by atoms with E-state index in [0.29, 0.717) is 4.88 Å². The van der Waals surface area contributed by atoms with Crippen molar-refractivity contribution in [3.8, 4) is 0 Å². The van der Waals surface area contributed by atoms with Gasteiger partial charge in [0.2, 0.25) is 0 Å². The van der Waals surface area contributed by atoms with Gasteiger partial charge in [0.25, 0.3) is 5.69 Å². The molecular weight excluding hydrogens is 306 g/mol. The molecule has 2 heterocycles. The molecule has 0 saturated heterocycles. The number of aliphatic carboxylic acids is 1. The van der Waals surface area contributed by atoms with Crippen molar-refractivity contribution < 1.29 is 14.8 Å². The third-order valence-corrected chi connectivity index (χ3v) is 3.62. The van der Waals surface area contributed by atoms with Crippen LogP contribution in [0.25, 0.3) is 0 Å². The van der Waals surface area contributed by atoms with Crippen LogP contribution in [0.5, 0.6) is 0 Å². The van der Waals surface area contributed by atoms with Gasteiger partial charge in [0.1, 0.15) is 12.0 Å². The molecule has 0 aliphatic carbocycles. The molecule has 7 nitrogen and oxygen atoms in total. The van der Waals surface area contributed by atoms with E-state index in [2.05, 4.69) is 10.3 Å². The summed E-state index contributed by atoms with van der Waals surface area (Å²) in [6.45, 7) is 0. The number of thiophene rings is 1. The fraction of sp³-hybridized carbons (Fsp3) is 0.0909. The van der Waals surface area contributed by atoms with E-state index in [0.717, 1.165) is 12.3 Å². The van der Waals surface area contributed by atoms with Gasteiger partial charge in [0.15, 0.2) is 6.04 Å². The first kappa shape index (κ1) is 14.2. The van der Waals surface area contributed by atoms with Crippen LogP contribution in [0.3, 0.4) is 0 Å². The lowest BCUT2D eigenvalue weighted by molar-refractivity contribution is -0.385. The number of carboxylic acids is 1. The van der Waals surface area contributed by atoms with Gasteiger partial charge >= 0.3 is 5.97 Å². The Bertz CT molecular complexity index is 647. The molecule has 0 amide bonds. The first-order valence-electron chi connectivity index (χ1n) is 5.31. The summed E-state index contributed by atoms with van der Waals surface area (Å²) < 4.78 is 0. The number of anilines is 1. The molecule has 104 valence electrons. The number of aromatic nitrogens is 1. The lowest BCUT2D eigenvalue weighted by atomic mass is 10.2. The lowest BCUT2D eigenvalue weighted by Gasteiger charge is -2.14. The van der Waals surface area contributed by atoms with Crippen molar-refractivity contribution in [3.63, 3.8) is 0 Å². The zero-order chi connectivity index (χ0) is 14.7. The molecule has 0 spiro atoms. The van der Waals surface area contributed by atoms with Gasteiger partial charge in [-0.15, -0.1) is 11.3 Å². The number of nitro groups is 1. The molecule has 1 atom stereocenters. The van der Waals surface area contributed by atoms with Crippen molar-refractivity contribution in [2.75, 3.05) is 5.32 Å². The zero-order valence-electron chi connectivity index (χ0n) is 9.82. The number of pyridine rings is 1. The molecule has 1 unspecified atom stereocenters. The van der Waals surface area contributed by atoms with Crippen molar-refractivity contribution in [1.82, 2.24) is 4.98 Å². The quantitative estimate of drug-likeness (QED) is 0.649. The second kappa shape index (κ2) is 5.85. The van der Waals surface area contributed by atoms with Gasteiger partial charge in [-0.05, 0) is 11.4 Å². The minimum atomic E-state index is -1.09. The molecule has 9 heteroatoms. The van der Waals surface area contributed by atoms with Crippen LogP contribution in [-0.2, 0) is 4.79 Å². The summed E-state index contributed by atoms with van der Waals surface area (Å²) in [5.41, 5.74) is -0.261. The van der Waals surface area contributed by atoms with Crippen molar-refractivity contribution in [3.05, 3.63) is 49.8 Å². The van der Waals surface area contributed by atoms with Gasteiger partial charge in [0, 0.05) is 10.9 Å². The summed E-state index contributed by atoms with van der Waals surface area (Å²) in [7, 11) is 0. The van der Waals surface area contributed by atoms with Crippen LogP contribution in [0.2, 0.25) is 5.02 Å². The predicted molar refractivity (Wildman–Crippen MR) is 74.2 cm³/mol. The van der Waals surface area contributed by atoms with Gasteiger partial charge in [-0.25, -0.2) is 9.78 Å². The van der Waals surface area contributed by atoms with Crippen LogP contribution in [0, 0.1) is 10.1 Å². The molecule has 0 fully saturated rings. The fourth-order valence-electron chi connectivity index (χ4n) is 1.48. The van der Waals surface area contributed by atoms with Gasteiger partial charge in [0.05, 0.1) is 9.95 Å². The Morgan fingerprint density at radius 1 is 1.60 bits per heavy atom. The molecule has 2 N–H and O–H groups in total. The maximum absolute atomic E-state index is 11.3. The zero-order valence-corrected chi connectivity index (χ0v) is 11.4. The Morgan fingerprint density at radius 2 is 2.35 bits per heavy atom. The largest absolute Gasteiger partial charge is 0.479 e. The highest BCUT2D eigenvalue weighted by Crippen LogP contribution is 2.29. The lowest BCUT2D eigenvalue weighted by Crippen LogP contribution is -2.20. The van der Waals surface area contributed by atoms with Crippen LogP contribution in [-0.4, -0.2) is 21.0 Å². The van der Waals surface area contributed by atoms with Crippen molar-refractivity contribution >= 4 is 40.4 Å². The van der Waals surface area contributed by atoms with Crippen LogP contribution in [0.4, 0.5) is 11.5 Å².